The summed E-state index contributed by atoms with van der Waals surface area (Å²) in [5, 5.41) is 0. The van der Waals surface area contributed by atoms with E-state index in [2.05, 4.69) is 39.3 Å². The summed E-state index contributed by atoms with van der Waals surface area (Å²) in [4.78, 5) is 9.93. The molecule has 0 saturated heterocycles. The number of hydrogen-bond donors (Lipinski definition) is 0. The zero-order chi connectivity index (χ0) is 23.4. The monoisotopic (exact) mass is 510 g/mol. The van der Waals surface area contributed by atoms with Gasteiger partial charge in [-0.15, -0.1) is 0 Å². The van der Waals surface area contributed by atoms with Crippen LogP contribution in [0.3, 0.4) is 0 Å². The molecular formula is C22H54O5Si4. The standard InChI is InChI=1S/C22H54O5Si4/c1-8-23-24-21-19-17-15-13-11-9-10-12-14-16-18-20-22-31(25-28(2)3,26-29(4)5)27-30(6)7/h28-30H,8-22H2,1-7H3. The fourth-order valence-electron chi connectivity index (χ4n) is 3.75. The molecule has 0 N–H and O–H groups in total. The summed E-state index contributed by atoms with van der Waals surface area (Å²) in [5.74, 6) is 0. The van der Waals surface area contributed by atoms with Crippen molar-refractivity contribution in [2.45, 2.75) is 129 Å². The van der Waals surface area contributed by atoms with E-state index in [0.29, 0.717) is 6.61 Å². The third kappa shape index (κ3) is 21.0. The molecule has 0 unspecified atom stereocenters. The lowest BCUT2D eigenvalue weighted by molar-refractivity contribution is -0.291. The SMILES string of the molecule is CCOOCCCCCCCCCCCCCC[Si](O[SiH](C)C)(O[SiH](C)C)O[SiH](C)C. The van der Waals surface area contributed by atoms with Crippen LogP contribution in [0, 0.1) is 0 Å². The van der Waals surface area contributed by atoms with Gasteiger partial charge in [-0.2, -0.15) is 0 Å². The van der Waals surface area contributed by atoms with Crippen LogP contribution < -0.4 is 0 Å². The quantitative estimate of drug-likeness (QED) is 0.0672. The smallest absolute Gasteiger partial charge is 0.420 e. The summed E-state index contributed by atoms with van der Waals surface area (Å²) in [6, 6.07) is 1.03. The Bertz CT molecular complexity index is 360. The summed E-state index contributed by atoms with van der Waals surface area (Å²) in [6.45, 7) is 16.8. The maximum absolute atomic E-state index is 6.47. The molecule has 0 heterocycles. The lowest BCUT2D eigenvalue weighted by Crippen LogP contribution is -2.53. The van der Waals surface area contributed by atoms with Gasteiger partial charge in [-0.25, -0.2) is 9.78 Å². The number of hydrogen-bond acceptors (Lipinski definition) is 5. The molecule has 5 nitrogen and oxygen atoms in total. The number of rotatable bonds is 23. The summed E-state index contributed by atoms with van der Waals surface area (Å²) in [6.07, 6.45) is 15.8. The van der Waals surface area contributed by atoms with Gasteiger partial charge in [0, 0.05) is 6.04 Å². The van der Waals surface area contributed by atoms with E-state index in [1.807, 2.05) is 6.92 Å². The van der Waals surface area contributed by atoms with Crippen LogP contribution in [0.25, 0.3) is 0 Å². The van der Waals surface area contributed by atoms with E-state index >= 15 is 0 Å². The molecule has 0 rings (SSSR count). The predicted octanol–water partition coefficient (Wildman–Crippen LogP) is 6.57. The molecule has 0 fully saturated rings. The van der Waals surface area contributed by atoms with Gasteiger partial charge in [0.25, 0.3) is 0 Å². The summed E-state index contributed by atoms with van der Waals surface area (Å²) < 4.78 is 19.4. The van der Waals surface area contributed by atoms with Gasteiger partial charge in [0.15, 0.2) is 27.1 Å². The Kier molecular flexibility index (Phi) is 21.7. The molecule has 0 atom stereocenters. The van der Waals surface area contributed by atoms with E-state index < -0.39 is 35.9 Å². The van der Waals surface area contributed by atoms with Gasteiger partial charge in [0.1, 0.15) is 0 Å². The summed E-state index contributed by atoms with van der Waals surface area (Å²) in [5.41, 5.74) is 0. The first kappa shape index (κ1) is 31.7. The fraction of sp³-hybridized carbons (Fsp3) is 1.00. The van der Waals surface area contributed by atoms with E-state index in [1.165, 1.54) is 70.6 Å². The van der Waals surface area contributed by atoms with Crippen LogP contribution in [0.1, 0.15) is 84.0 Å². The Morgan fingerprint density at radius 2 is 0.839 bits per heavy atom. The van der Waals surface area contributed by atoms with Crippen LogP contribution >= 0.6 is 0 Å². The Morgan fingerprint density at radius 1 is 0.484 bits per heavy atom. The van der Waals surface area contributed by atoms with Crippen molar-refractivity contribution in [2.24, 2.45) is 0 Å². The van der Waals surface area contributed by atoms with Crippen molar-refractivity contribution < 1.29 is 22.1 Å². The van der Waals surface area contributed by atoms with Gasteiger partial charge >= 0.3 is 8.80 Å². The van der Waals surface area contributed by atoms with Crippen molar-refractivity contribution in [3.63, 3.8) is 0 Å². The molecular weight excluding hydrogens is 457 g/mol. The minimum Gasteiger partial charge on any atom is -0.420 e. The highest BCUT2D eigenvalue weighted by Gasteiger charge is 2.42. The second-order valence-corrected chi connectivity index (χ2v) is 20.4. The van der Waals surface area contributed by atoms with Crippen LogP contribution in [0.15, 0.2) is 0 Å². The molecule has 0 aromatic carbocycles. The first-order valence-corrected chi connectivity index (χ1v) is 23.4. The van der Waals surface area contributed by atoms with Crippen molar-refractivity contribution in [1.82, 2.24) is 0 Å². The Balaban J connectivity index is 3.78. The molecule has 0 saturated carbocycles. The molecule has 0 aliphatic carbocycles. The van der Waals surface area contributed by atoms with Crippen molar-refractivity contribution in [3.8, 4) is 0 Å². The van der Waals surface area contributed by atoms with Crippen LogP contribution in [0.4, 0.5) is 0 Å². The third-order valence-electron chi connectivity index (χ3n) is 4.91. The van der Waals surface area contributed by atoms with Gasteiger partial charge in [-0.05, 0) is 59.0 Å². The molecule has 0 amide bonds. The normalized spacial score (nSPS) is 12.6. The van der Waals surface area contributed by atoms with Crippen molar-refractivity contribution >= 4 is 35.9 Å². The predicted molar refractivity (Wildman–Crippen MR) is 143 cm³/mol. The fourth-order valence-corrected chi connectivity index (χ4v) is 16.6. The Labute approximate surface area is 200 Å². The molecule has 0 bridgehead atoms. The highest BCUT2D eigenvalue weighted by atomic mass is 28.5. The van der Waals surface area contributed by atoms with Gasteiger partial charge in [0.2, 0.25) is 0 Å². The van der Waals surface area contributed by atoms with Crippen LogP contribution in [-0.4, -0.2) is 49.1 Å². The maximum Gasteiger partial charge on any atom is 0.468 e. The van der Waals surface area contributed by atoms with Gasteiger partial charge in [-0.1, -0.05) is 64.2 Å². The first-order chi connectivity index (χ1) is 14.8. The first-order valence-electron chi connectivity index (χ1n) is 13.1. The van der Waals surface area contributed by atoms with E-state index in [1.54, 1.807) is 0 Å². The summed E-state index contributed by atoms with van der Waals surface area (Å²) in [7, 11) is -5.92. The van der Waals surface area contributed by atoms with Crippen molar-refractivity contribution in [2.75, 3.05) is 13.2 Å². The van der Waals surface area contributed by atoms with E-state index in [-0.39, 0.29) is 0 Å². The average Bonchev–Trinajstić information content (AvgIpc) is 2.66. The van der Waals surface area contributed by atoms with E-state index in [4.69, 9.17) is 22.1 Å². The highest BCUT2D eigenvalue weighted by molar-refractivity contribution is 6.79. The van der Waals surface area contributed by atoms with Crippen LogP contribution in [0.2, 0.25) is 45.3 Å². The Hall–Kier alpha value is 0.668. The molecule has 0 aliphatic rings. The molecule has 9 heteroatoms. The molecule has 0 aliphatic heterocycles. The van der Waals surface area contributed by atoms with Crippen LogP contribution in [0.5, 0.6) is 0 Å². The Morgan fingerprint density at radius 3 is 1.19 bits per heavy atom. The third-order valence-corrected chi connectivity index (χ3v) is 15.8. The minimum atomic E-state index is -2.42. The lowest BCUT2D eigenvalue weighted by Gasteiger charge is -2.35. The molecule has 31 heavy (non-hydrogen) atoms. The molecule has 0 spiro atoms. The van der Waals surface area contributed by atoms with Gasteiger partial charge in [-0.3, -0.25) is 0 Å². The zero-order valence-corrected chi connectivity index (χ0v) is 26.3. The van der Waals surface area contributed by atoms with Gasteiger partial charge in [0.05, 0.1) is 13.2 Å². The second-order valence-electron chi connectivity index (χ2n) is 9.40. The lowest BCUT2D eigenvalue weighted by atomic mass is 10.1. The molecule has 188 valence electrons. The largest absolute Gasteiger partial charge is 0.468 e. The second kappa shape index (κ2) is 21.2. The summed E-state index contributed by atoms with van der Waals surface area (Å²) >= 11 is 0. The van der Waals surface area contributed by atoms with Crippen LogP contribution in [-0.2, 0) is 22.1 Å². The van der Waals surface area contributed by atoms with Gasteiger partial charge < -0.3 is 12.3 Å². The highest BCUT2D eigenvalue weighted by Crippen LogP contribution is 2.23. The molecule has 0 radical (unpaired) electrons. The average molecular weight is 511 g/mol. The molecule has 0 aromatic heterocycles. The van der Waals surface area contributed by atoms with Crippen molar-refractivity contribution in [3.05, 3.63) is 0 Å². The maximum atomic E-state index is 6.47. The minimum absolute atomic E-state index is 0.637. The van der Waals surface area contributed by atoms with E-state index in [0.717, 1.165) is 19.1 Å². The zero-order valence-electron chi connectivity index (χ0n) is 21.9. The van der Waals surface area contributed by atoms with E-state index in [9.17, 15) is 0 Å². The topological polar surface area (TPSA) is 46.2 Å². The molecule has 0 aromatic rings. The number of unbranched alkanes of at least 4 members (excludes halogenated alkanes) is 11. The van der Waals surface area contributed by atoms with Crippen molar-refractivity contribution in [1.29, 1.82) is 0 Å².